The third kappa shape index (κ3) is 3.59. The number of urea groups is 1. The van der Waals surface area contributed by atoms with Crippen LogP contribution in [0.15, 0.2) is 24.4 Å². The number of aromatic nitrogens is 2. The van der Waals surface area contributed by atoms with Crippen molar-refractivity contribution in [2.24, 2.45) is 0 Å². The monoisotopic (exact) mass is 300 g/mol. The van der Waals surface area contributed by atoms with Crippen molar-refractivity contribution >= 4 is 11.7 Å². The standard InChI is InChI=1S/C17H24N4O/c1-13-6-5-9-16-19-15(12-21(13)16)10-11-18-17(22)20-14-7-3-2-4-8-14/h5-6,9,12,14H,2-4,7-8,10-11H2,1H3,(H2,18,20,22). The number of pyridine rings is 1. The number of hydrogen-bond donors (Lipinski definition) is 2. The van der Waals surface area contributed by atoms with Crippen molar-refractivity contribution in [1.82, 2.24) is 20.0 Å². The average Bonchev–Trinajstić information content (AvgIpc) is 2.93. The highest BCUT2D eigenvalue weighted by Crippen LogP contribution is 2.17. The Labute approximate surface area is 131 Å². The van der Waals surface area contributed by atoms with E-state index in [1.807, 2.05) is 18.3 Å². The van der Waals surface area contributed by atoms with Gasteiger partial charge in [-0.15, -0.1) is 0 Å². The number of amides is 2. The summed E-state index contributed by atoms with van der Waals surface area (Å²) in [5.41, 5.74) is 3.13. The van der Waals surface area contributed by atoms with Crippen molar-refractivity contribution in [2.45, 2.75) is 51.5 Å². The van der Waals surface area contributed by atoms with Gasteiger partial charge in [0.25, 0.3) is 0 Å². The van der Waals surface area contributed by atoms with Crippen molar-refractivity contribution in [2.75, 3.05) is 6.54 Å². The molecule has 0 bridgehead atoms. The third-order valence-electron chi connectivity index (χ3n) is 4.35. The van der Waals surface area contributed by atoms with Gasteiger partial charge in [-0.2, -0.15) is 0 Å². The van der Waals surface area contributed by atoms with E-state index < -0.39 is 0 Å². The topological polar surface area (TPSA) is 58.4 Å². The third-order valence-corrected chi connectivity index (χ3v) is 4.35. The summed E-state index contributed by atoms with van der Waals surface area (Å²) >= 11 is 0. The van der Waals surface area contributed by atoms with E-state index in [-0.39, 0.29) is 6.03 Å². The second-order valence-electron chi connectivity index (χ2n) is 6.11. The first-order valence-electron chi connectivity index (χ1n) is 8.20. The molecule has 1 saturated carbocycles. The predicted octanol–water partition coefficient (Wildman–Crippen LogP) is 2.82. The molecular weight excluding hydrogens is 276 g/mol. The minimum atomic E-state index is -0.0492. The van der Waals surface area contributed by atoms with E-state index in [2.05, 4.69) is 33.0 Å². The number of fused-ring (bicyclic) bond motifs is 1. The first-order valence-corrected chi connectivity index (χ1v) is 8.20. The molecular formula is C17H24N4O. The van der Waals surface area contributed by atoms with E-state index in [9.17, 15) is 4.79 Å². The van der Waals surface area contributed by atoms with Crippen LogP contribution in [0.4, 0.5) is 4.79 Å². The number of hydrogen-bond acceptors (Lipinski definition) is 2. The normalized spacial score (nSPS) is 15.9. The maximum atomic E-state index is 11.9. The van der Waals surface area contributed by atoms with Gasteiger partial charge in [0.05, 0.1) is 5.69 Å². The molecule has 0 spiro atoms. The molecule has 5 heteroatoms. The summed E-state index contributed by atoms with van der Waals surface area (Å²) in [4.78, 5) is 16.5. The Kier molecular flexibility index (Phi) is 4.61. The molecule has 22 heavy (non-hydrogen) atoms. The van der Waals surface area contributed by atoms with E-state index in [0.717, 1.165) is 30.6 Å². The van der Waals surface area contributed by atoms with Crippen LogP contribution in [0.5, 0.6) is 0 Å². The van der Waals surface area contributed by atoms with Crippen molar-refractivity contribution in [1.29, 1.82) is 0 Å². The molecule has 2 N–H and O–H groups in total. The lowest BCUT2D eigenvalue weighted by atomic mass is 9.96. The Hall–Kier alpha value is -2.04. The summed E-state index contributed by atoms with van der Waals surface area (Å²) in [5, 5.41) is 6.00. The van der Waals surface area contributed by atoms with Crippen molar-refractivity contribution in [3.05, 3.63) is 35.8 Å². The fourth-order valence-corrected chi connectivity index (χ4v) is 3.11. The molecule has 0 aliphatic heterocycles. The number of aryl methyl sites for hydroxylation is 1. The molecule has 1 aliphatic carbocycles. The van der Waals surface area contributed by atoms with Gasteiger partial charge in [0.15, 0.2) is 0 Å². The number of rotatable bonds is 4. The van der Waals surface area contributed by atoms with Gasteiger partial charge in [-0.25, -0.2) is 9.78 Å². The quantitative estimate of drug-likeness (QED) is 0.912. The molecule has 0 unspecified atom stereocenters. The number of carbonyl (C=O) groups excluding carboxylic acids is 1. The van der Waals surface area contributed by atoms with E-state index in [1.165, 1.54) is 25.0 Å². The molecule has 1 aliphatic rings. The number of imidazole rings is 1. The highest BCUT2D eigenvalue weighted by Gasteiger charge is 2.15. The predicted molar refractivity (Wildman–Crippen MR) is 87.0 cm³/mol. The Morgan fingerprint density at radius 1 is 1.32 bits per heavy atom. The lowest BCUT2D eigenvalue weighted by Gasteiger charge is -2.22. The maximum Gasteiger partial charge on any atom is 0.315 e. The van der Waals surface area contributed by atoms with Crippen LogP contribution in [-0.4, -0.2) is 28.0 Å². The zero-order chi connectivity index (χ0) is 15.4. The van der Waals surface area contributed by atoms with Gasteiger partial charge in [0.1, 0.15) is 5.65 Å². The second-order valence-corrected chi connectivity index (χ2v) is 6.11. The summed E-state index contributed by atoms with van der Waals surface area (Å²) in [6, 6.07) is 6.38. The van der Waals surface area contributed by atoms with Crippen molar-refractivity contribution < 1.29 is 4.79 Å². The number of carbonyl (C=O) groups is 1. The van der Waals surface area contributed by atoms with Crippen LogP contribution in [0, 0.1) is 6.92 Å². The number of nitrogens with one attached hydrogen (secondary N) is 2. The van der Waals surface area contributed by atoms with Gasteiger partial charge in [-0.1, -0.05) is 25.3 Å². The largest absolute Gasteiger partial charge is 0.338 e. The molecule has 0 radical (unpaired) electrons. The van der Waals surface area contributed by atoms with Gasteiger partial charge in [-0.3, -0.25) is 0 Å². The summed E-state index contributed by atoms with van der Waals surface area (Å²) in [7, 11) is 0. The fourth-order valence-electron chi connectivity index (χ4n) is 3.11. The van der Waals surface area contributed by atoms with Crippen LogP contribution in [0.25, 0.3) is 5.65 Å². The van der Waals surface area contributed by atoms with Gasteiger partial charge >= 0.3 is 6.03 Å². The highest BCUT2D eigenvalue weighted by atomic mass is 16.2. The van der Waals surface area contributed by atoms with Gasteiger partial charge in [0, 0.05) is 30.9 Å². The Morgan fingerprint density at radius 3 is 2.91 bits per heavy atom. The van der Waals surface area contributed by atoms with Crippen molar-refractivity contribution in [3.8, 4) is 0 Å². The van der Waals surface area contributed by atoms with Gasteiger partial charge < -0.3 is 15.0 Å². The zero-order valence-electron chi connectivity index (χ0n) is 13.1. The average molecular weight is 300 g/mol. The first-order chi connectivity index (χ1) is 10.7. The number of nitrogens with zero attached hydrogens (tertiary/aromatic N) is 2. The van der Waals surface area contributed by atoms with Crippen molar-refractivity contribution in [3.63, 3.8) is 0 Å². The minimum absolute atomic E-state index is 0.0492. The molecule has 2 aromatic rings. The van der Waals surface area contributed by atoms with Crippen LogP contribution in [-0.2, 0) is 6.42 Å². The van der Waals surface area contributed by atoms with E-state index in [1.54, 1.807) is 0 Å². The van der Waals surface area contributed by atoms with Gasteiger partial charge in [-0.05, 0) is 31.9 Å². The first kappa shape index (κ1) is 14.9. The maximum absolute atomic E-state index is 11.9. The van der Waals surface area contributed by atoms with Crippen LogP contribution in [0.2, 0.25) is 0 Å². The molecule has 5 nitrogen and oxygen atoms in total. The second kappa shape index (κ2) is 6.81. The summed E-state index contributed by atoms with van der Waals surface area (Å²) < 4.78 is 2.08. The lowest BCUT2D eigenvalue weighted by Crippen LogP contribution is -2.43. The summed E-state index contributed by atoms with van der Waals surface area (Å²) in [6.07, 6.45) is 8.77. The Morgan fingerprint density at radius 2 is 2.14 bits per heavy atom. The Bertz CT molecular complexity index is 643. The smallest absolute Gasteiger partial charge is 0.315 e. The molecule has 2 aromatic heterocycles. The highest BCUT2D eigenvalue weighted by molar-refractivity contribution is 5.74. The molecule has 118 valence electrons. The molecule has 2 amide bonds. The SMILES string of the molecule is Cc1cccc2nc(CCNC(=O)NC3CCCCC3)cn12. The van der Waals surface area contributed by atoms with Crippen LogP contribution in [0.1, 0.15) is 43.5 Å². The minimum Gasteiger partial charge on any atom is -0.338 e. The van der Waals surface area contributed by atoms with Crippen LogP contribution >= 0.6 is 0 Å². The Balaban J connectivity index is 1.47. The summed E-state index contributed by atoms with van der Waals surface area (Å²) in [5.74, 6) is 0. The molecule has 0 atom stereocenters. The van der Waals surface area contributed by atoms with E-state index in [4.69, 9.17) is 0 Å². The zero-order valence-corrected chi connectivity index (χ0v) is 13.1. The molecule has 0 aromatic carbocycles. The molecule has 3 rings (SSSR count). The van der Waals surface area contributed by atoms with Crippen LogP contribution in [0.3, 0.4) is 0 Å². The van der Waals surface area contributed by atoms with E-state index in [0.29, 0.717) is 12.6 Å². The van der Waals surface area contributed by atoms with Crippen LogP contribution < -0.4 is 10.6 Å². The fraction of sp³-hybridized carbons (Fsp3) is 0.529. The lowest BCUT2D eigenvalue weighted by molar-refractivity contribution is 0.233. The molecule has 2 heterocycles. The molecule has 0 saturated heterocycles. The molecule has 1 fully saturated rings. The van der Waals surface area contributed by atoms with E-state index >= 15 is 0 Å². The summed E-state index contributed by atoms with van der Waals surface area (Å²) in [6.45, 7) is 2.68. The van der Waals surface area contributed by atoms with Gasteiger partial charge in [0.2, 0.25) is 0 Å².